The number of carbonyl (C=O) groups excluding carboxylic acids is 1. The van der Waals surface area contributed by atoms with Crippen LogP contribution in [0.5, 0.6) is 0 Å². The van der Waals surface area contributed by atoms with Crippen LogP contribution >= 0.6 is 0 Å². The summed E-state index contributed by atoms with van der Waals surface area (Å²) in [5.74, 6) is -0.283. The maximum atomic E-state index is 11.9. The van der Waals surface area contributed by atoms with E-state index in [9.17, 15) is 4.79 Å². The molecule has 1 saturated heterocycles. The van der Waals surface area contributed by atoms with Crippen molar-refractivity contribution < 1.29 is 14.4 Å². The average molecular weight is 352 g/mol. The SMILES string of the molecule is COC(=O)C1=CON2[C@@H](C[Se]c3ccccc3)CC[C@]12C. The van der Waals surface area contributed by atoms with Crippen LogP contribution in [-0.4, -0.2) is 44.7 Å². The molecule has 0 amide bonds. The number of ether oxygens (including phenoxy) is 1. The van der Waals surface area contributed by atoms with Gasteiger partial charge in [-0.15, -0.1) is 0 Å². The second-order valence-corrected chi connectivity index (χ2v) is 7.84. The van der Waals surface area contributed by atoms with E-state index in [0.29, 0.717) is 26.6 Å². The molecular formula is C16H19NO3Se. The summed E-state index contributed by atoms with van der Waals surface area (Å²) in [6, 6.07) is 10.9. The fourth-order valence-electron chi connectivity index (χ4n) is 3.01. The van der Waals surface area contributed by atoms with Gasteiger partial charge in [-0.3, -0.25) is 0 Å². The number of methoxy groups -OCH3 is 1. The fraction of sp³-hybridized carbons (Fsp3) is 0.438. The molecule has 0 bridgehead atoms. The predicted molar refractivity (Wildman–Crippen MR) is 81.1 cm³/mol. The Hall–Kier alpha value is -1.29. The molecule has 3 rings (SSSR count). The van der Waals surface area contributed by atoms with Crippen LogP contribution in [0.1, 0.15) is 19.8 Å². The van der Waals surface area contributed by atoms with Crippen LogP contribution in [-0.2, 0) is 14.4 Å². The number of hydroxylamine groups is 2. The number of hydrogen-bond donors (Lipinski definition) is 0. The third kappa shape index (κ3) is 2.61. The summed E-state index contributed by atoms with van der Waals surface area (Å²) in [5, 5.41) is 3.10. The van der Waals surface area contributed by atoms with Crippen molar-refractivity contribution in [1.29, 1.82) is 0 Å². The van der Waals surface area contributed by atoms with Gasteiger partial charge in [-0.25, -0.2) is 0 Å². The molecule has 1 aromatic carbocycles. The van der Waals surface area contributed by atoms with Crippen LogP contribution in [0, 0.1) is 0 Å². The Morgan fingerprint density at radius 2 is 2.24 bits per heavy atom. The van der Waals surface area contributed by atoms with E-state index in [2.05, 4.69) is 31.2 Å². The van der Waals surface area contributed by atoms with Gasteiger partial charge in [0, 0.05) is 0 Å². The molecule has 0 saturated carbocycles. The normalized spacial score (nSPS) is 27.9. The van der Waals surface area contributed by atoms with Crippen LogP contribution < -0.4 is 4.46 Å². The van der Waals surface area contributed by atoms with E-state index >= 15 is 0 Å². The third-order valence-electron chi connectivity index (χ3n) is 4.24. The van der Waals surface area contributed by atoms with E-state index in [1.165, 1.54) is 11.6 Å². The predicted octanol–water partition coefficient (Wildman–Crippen LogP) is 1.66. The van der Waals surface area contributed by atoms with Gasteiger partial charge in [0.25, 0.3) is 0 Å². The topological polar surface area (TPSA) is 38.8 Å². The molecule has 0 N–H and O–H groups in total. The summed E-state index contributed by atoms with van der Waals surface area (Å²) >= 11 is 0.425. The Morgan fingerprint density at radius 3 is 2.95 bits per heavy atom. The molecular weight excluding hydrogens is 333 g/mol. The Morgan fingerprint density at radius 1 is 1.48 bits per heavy atom. The second kappa shape index (κ2) is 5.84. The molecule has 112 valence electrons. The van der Waals surface area contributed by atoms with Crippen molar-refractivity contribution in [3.8, 4) is 0 Å². The first kappa shape index (κ1) is 14.6. The van der Waals surface area contributed by atoms with Crippen LogP contribution in [0.2, 0.25) is 5.32 Å². The molecule has 1 fully saturated rings. The monoisotopic (exact) mass is 353 g/mol. The molecule has 0 spiro atoms. The Balaban J connectivity index is 1.66. The van der Waals surface area contributed by atoms with Gasteiger partial charge < -0.3 is 0 Å². The zero-order valence-electron chi connectivity index (χ0n) is 12.2. The maximum absolute atomic E-state index is 11.9. The summed E-state index contributed by atoms with van der Waals surface area (Å²) in [7, 11) is 1.42. The first-order chi connectivity index (χ1) is 10.1. The third-order valence-corrected chi connectivity index (χ3v) is 6.67. The summed E-state index contributed by atoms with van der Waals surface area (Å²) in [6.07, 6.45) is 3.55. The molecule has 0 aliphatic carbocycles. The Labute approximate surface area is 131 Å². The quantitative estimate of drug-likeness (QED) is 0.610. The fourth-order valence-corrected chi connectivity index (χ4v) is 5.18. The van der Waals surface area contributed by atoms with Crippen LogP contribution in [0.15, 0.2) is 42.2 Å². The number of benzene rings is 1. The van der Waals surface area contributed by atoms with Gasteiger partial charge in [0.05, 0.1) is 0 Å². The molecule has 2 aliphatic heterocycles. The van der Waals surface area contributed by atoms with E-state index in [4.69, 9.17) is 9.57 Å². The molecule has 4 nitrogen and oxygen atoms in total. The van der Waals surface area contributed by atoms with Crippen LogP contribution in [0.25, 0.3) is 0 Å². The van der Waals surface area contributed by atoms with Gasteiger partial charge in [0.2, 0.25) is 0 Å². The van der Waals surface area contributed by atoms with Crippen molar-refractivity contribution >= 4 is 25.4 Å². The summed E-state index contributed by atoms with van der Waals surface area (Å²) in [6.45, 7) is 2.07. The number of fused-ring (bicyclic) bond motifs is 1. The molecule has 2 heterocycles. The Kier molecular flexibility index (Phi) is 4.07. The number of esters is 1. The molecule has 21 heavy (non-hydrogen) atoms. The molecule has 0 radical (unpaired) electrons. The van der Waals surface area contributed by atoms with Crippen molar-refractivity contribution in [3.63, 3.8) is 0 Å². The number of hydrogen-bond acceptors (Lipinski definition) is 4. The van der Waals surface area contributed by atoms with Gasteiger partial charge in [-0.05, 0) is 0 Å². The van der Waals surface area contributed by atoms with Gasteiger partial charge in [-0.1, -0.05) is 0 Å². The van der Waals surface area contributed by atoms with Crippen molar-refractivity contribution in [2.75, 3.05) is 7.11 Å². The van der Waals surface area contributed by atoms with E-state index in [1.807, 2.05) is 11.1 Å². The first-order valence-corrected chi connectivity index (χ1v) is 9.15. The van der Waals surface area contributed by atoms with E-state index < -0.39 is 0 Å². The van der Waals surface area contributed by atoms with Gasteiger partial charge in [-0.2, -0.15) is 0 Å². The van der Waals surface area contributed by atoms with E-state index in [1.54, 1.807) is 6.26 Å². The van der Waals surface area contributed by atoms with E-state index in [-0.39, 0.29) is 11.5 Å². The van der Waals surface area contributed by atoms with E-state index in [0.717, 1.165) is 18.2 Å². The van der Waals surface area contributed by atoms with Crippen molar-refractivity contribution in [1.82, 2.24) is 5.06 Å². The minimum atomic E-state index is -0.329. The Bertz CT molecular complexity index is 560. The van der Waals surface area contributed by atoms with Gasteiger partial charge in [0.1, 0.15) is 0 Å². The van der Waals surface area contributed by atoms with Crippen LogP contribution in [0.4, 0.5) is 0 Å². The minimum absolute atomic E-state index is 0.283. The molecule has 2 aliphatic rings. The molecule has 0 aromatic heterocycles. The van der Waals surface area contributed by atoms with Crippen molar-refractivity contribution in [2.45, 2.75) is 36.7 Å². The second-order valence-electron chi connectivity index (χ2n) is 5.54. The summed E-state index contributed by atoms with van der Waals surface area (Å²) in [5.41, 5.74) is 0.310. The zero-order chi connectivity index (χ0) is 14.9. The van der Waals surface area contributed by atoms with Crippen LogP contribution in [0.3, 0.4) is 0 Å². The number of nitrogens with zero attached hydrogens (tertiary/aromatic N) is 1. The number of carbonyl (C=O) groups is 1. The number of rotatable bonds is 4. The van der Waals surface area contributed by atoms with Crippen molar-refractivity contribution in [3.05, 3.63) is 42.2 Å². The zero-order valence-corrected chi connectivity index (χ0v) is 14.0. The molecule has 0 unspecified atom stereocenters. The van der Waals surface area contributed by atoms with Gasteiger partial charge in [0.15, 0.2) is 0 Å². The molecule has 2 atom stereocenters. The summed E-state index contributed by atoms with van der Waals surface area (Å²) in [4.78, 5) is 17.6. The average Bonchev–Trinajstić information content (AvgIpc) is 3.00. The standard InChI is InChI=1S/C16H19NO3Se/c1-16-9-8-12(11-21-13-6-4-3-5-7-13)17(16)20-10-14(16)15(18)19-2/h3-7,10,12H,8-9,11H2,1-2H3/t12-,16-/m1/s1. The summed E-state index contributed by atoms with van der Waals surface area (Å²) < 4.78 is 6.26. The first-order valence-electron chi connectivity index (χ1n) is 7.08. The van der Waals surface area contributed by atoms with Crippen molar-refractivity contribution in [2.24, 2.45) is 0 Å². The van der Waals surface area contributed by atoms with Gasteiger partial charge >= 0.3 is 131 Å². The molecule has 1 aromatic rings. The molecule has 5 heteroatoms.